The van der Waals surface area contributed by atoms with Gasteiger partial charge in [0.25, 0.3) is 0 Å². The van der Waals surface area contributed by atoms with Crippen molar-refractivity contribution in [2.75, 3.05) is 19.6 Å². The number of likely N-dealkylation sites (N-methyl/N-ethyl adjacent to an activating group) is 1. The highest BCUT2D eigenvalue weighted by molar-refractivity contribution is 5.84. The van der Waals surface area contributed by atoms with Crippen LogP contribution in [0.1, 0.15) is 38.1 Å². The van der Waals surface area contributed by atoms with E-state index in [4.69, 9.17) is 0 Å². The Morgan fingerprint density at radius 2 is 2.00 bits per heavy atom. The minimum atomic E-state index is -0.702. The fourth-order valence-electron chi connectivity index (χ4n) is 3.62. The van der Waals surface area contributed by atoms with E-state index in [1.165, 1.54) is 17.0 Å². The SMILES string of the molecule is CCN(CC(=O)N1CCn2cccc2C1c1ccc(F)cc1F)C(=O)NC(C)C. The minimum Gasteiger partial charge on any atom is -0.348 e. The Morgan fingerprint density at radius 3 is 2.66 bits per heavy atom. The zero-order valence-electron chi connectivity index (χ0n) is 16.9. The van der Waals surface area contributed by atoms with Gasteiger partial charge in [0.05, 0.1) is 0 Å². The van der Waals surface area contributed by atoms with Crippen molar-refractivity contribution in [2.45, 2.75) is 39.4 Å². The first-order chi connectivity index (χ1) is 13.8. The Morgan fingerprint density at radius 1 is 1.24 bits per heavy atom. The molecule has 0 aliphatic carbocycles. The van der Waals surface area contributed by atoms with Gasteiger partial charge in [0, 0.05) is 49.2 Å². The molecule has 1 unspecified atom stereocenters. The Hall–Kier alpha value is -2.90. The monoisotopic (exact) mass is 404 g/mol. The number of amides is 3. The average Bonchev–Trinajstić information content (AvgIpc) is 3.13. The summed E-state index contributed by atoms with van der Waals surface area (Å²) in [7, 11) is 0. The molecular formula is C21H26F2N4O2. The van der Waals surface area contributed by atoms with Crippen LogP contribution in [0.3, 0.4) is 0 Å². The maximum atomic E-state index is 14.6. The second-order valence-electron chi connectivity index (χ2n) is 7.40. The molecule has 1 aliphatic rings. The molecule has 1 aromatic carbocycles. The van der Waals surface area contributed by atoms with Crippen molar-refractivity contribution < 1.29 is 18.4 Å². The van der Waals surface area contributed by atoms with Crippen molar-refractivity contribution >= 4 is 11.9 Å². The molecule has 29 heavy (non-hydrogen) atoms. The number of aromatic nitrogens is 1. The summed E-state index contributed by atoms with van der Waals surface area (Å²) in [6, 6.07) is 6.01. The van der Waals surface area contributed by atoms with Crippen LogP contribution in [-0.2, 0) is 11.3 Å². The molecule has 156 valence electrons. The van der Waals surface area contributed by atoms with E-state index in [-0.39, 0.29) is 30.1 Å². The van der Waals surface area contributed by atoms with Crippen molar-refractivity contribution in [3.05, 3.63) is 59.4 Å². The van der Waals surface area contributed by atoms with Gasteiger partial charge in [-0.05, 0) is 39.0 Å². The molecular weight excluding hydrogens is 378 g/mol. The first kappa shape index (κ1) is 20.8. The number of benzene rings is 1. The standard InChI is InChI=1S/C21H26F2N4O2/c1-4-25(21(29)24-14(2)3)13-19(28)27-11-10-26-9-5-6-18(26)20(27)16-8-7-15(22)12-17(16)23/h5-9,12,14,20H,4,10-11,13H2,1-3H3,(H,24,29). The Kier molecular flexibility index (Phi) is 6.20. The largest absolute Gasteiger partial charge is 0.348 e. The normalized spacial score (nSPS) is 15.9. The van der Waals surface area contributed by atoms with Gasteiger partial charge in [-0.15, -0.1) is 0 Å². The number of nitrogens with zero attached hydrogens (tertiary/aromatic N) is 3. The molecule has 0 spiro atoms. The number of fused-ring (bicyclic) bond motifs is 1. The number of carbonyl (C=O) groups excluding carboxylic acids is 2. The number of urea groups is 1. The number of hydrogen-bond donors (Lipinski definition) is 1. The van der Waals surface area contributed by atoms with Crippen LogP contribution in [0.25, 0.3) is 0 Å². The van der Waals surface area contributed by atoms with Gasteiger partial charge in [0.15, 0.2) is 0 Å². The van der Waals surface area contributed by atoms with Crippen LogP contribution in [0, 0.1) is 11.6 Å². The molecule has 0 saturated heterocycles. The van der Waals surface area contributed by atoms with Crippen LogP contribution in [0.5, 0.6) is 0 Å². The van der Waals surface area contributed by atoms with Crippen molar-refractivity contribution in [3.8, 4) is 0 Å². The van der Waals surface area contributed by atoms with Crippen molar-refractivity contribution in [2.24, 2.45) is 0 Å². The first-order valence-electron chi connectivity index (χ1n) is 9.76. The lowest BCUT2D eigenvalue weighted by Crippen LogP contribution is -2.50. The molecule has 6 nitrogen and oxygen atoms in total. The molecule has 2 aromatic rings. The Balaban J connectivity index is 1.90. The van der Waals surface area contributed by atoms with E-state index in [1.807, 2.05) is 36.7 Å². The maximum absolute atomic E-state index is 14.6. The molecule has 1 atom stereocenters. The highest BCUT2D eigenvalue weighted by Gasteiger charge is 2.34. The van der Waals surface area contributed by atoms with Crippen LogP contribution in [-0.4, -0.2) is 52.0 Å². The summed E-state index contributed by atoms with van der Waals surface area (Å²) in [6.07, 6.45) is 1.88. The van der Waals surface area contributed by atoms with Crippen molar-refractivity contribution in [3.63, 3.8) is 0 Å². The van der Waals surface area contributed by atoms with Gasteiger partial charge in [-0.25, -0.2) is 13.6 Å². The summed E-state index contributed by atoms with van der Waals surface area (Å²) < 4.78 is 30.0. The quantitative estimate of drug-likeness (QED) is 0.833. The Labute approximate surface area is 169 Å². The van der Waals surface area contributed by atoms with Crippen LogP contribution >= 0.6 is 0 Å². The molecule has 2 heterocycles. The second-order valence-corrected chi connectivity index (χ2v) is 7.40. The number of nitrogens with one attached hydrogen (secondary N) is 1. The molecule has 1 aliphatic heterocycles. The number of hydrogen-bond acceptors (Lipinski definition) is 2. The Bertz CT molecular complexity index is 897. The summed E-state index contributed by atoms with van der Waals surface area (Å²) >= 11 is 0. The van der Waals surface area contributed by atoms with Gasteiger partial charge in [-0.3, -0.25) is 4.79 Å². The summed E-state index contributed by atoms with van der Waals surface area (Å²) in [6.45, 7) is 6.67. The van der Waals surface area contributed by atoms with Crippen LogP contribution in [0.15, 0.2) is 36.5 Å². The lowest BCUT2D eigenvalue weighted by molar-refractivity contribution is -0.134. The summed E-state index contributed by atoms with van der Waals surface area (Å²) in [5, 5.41) is 2.78. The summed E-state index contributed by atoms with van der Waals surface area (Å²) in [5.74, 6) is -1.66. The van der Waals surface area contributed by atoms with E-state index in [2.05, 4.69) is 5.32 Å². The van der Waals surface area contributed by atoms with Crippen LogP contribution in [0.4, 0.5) is 13.6 Å². The zero-order valence-corrected chi connectivity index (χ0v) is 16.9. The van der Waals surface area contributed by atoms with Gasteiger partial charge < -0.3 is 19.7 Å². The van der Waals surface area contributed by atoms with E-state index in [9.17, 15) is 18.4 Å². The van der Waals surface area contributed by atoms with Crippen molar-refractivity contribution in [1.29, 1.82) is 0 Å². The summed E-state index contributed by atoms with van der Waals surface area (Å²) in [4.78, 5) is 28.5. The fourth-order valence-corrected chi connectivity index (χ4v) is 3.62. The van der Waals surface area contributed by atoms with Crippen molar-refractivity contribution in [1.82, 2.24) is 19.7 Å². The predicted octanol–water partition coefficient (Wildman–Crippen LogP) is 3.14. The fraction of sp³-hybridized carbons (Fsp3) is 0.429. The van der Waals surface area contributed by atoms with E-state index in [1.54, 1.807) is 11.8 Å². The van der Waals surface area contributed by atoms with Crippen LogP contribution in [0.2, 0.25) is 0 Å². The molecule has 0 saturated carbocycles. The van der Waals surface area contributed by atoms with Gasteiger partial charge in [-0.2, -0.15) is 0 Å². The number of carbonyl (C=O) groups is 2. The molecule has 3 rings (SSSR count). The number of halogens is 2. The highest BCUT2D eigenvalue weighted by Crippen LogP contribution is 2.34. The zero-order chi connectivity index (χ0) is 21.1. The predicted molar refractivity (Wildman–Crippen MR) is 105 cm³/mol. The molecule has 1 aromatic heterocycles. The molecule has 8 heteroatoms. The maximum Gasteiger partial charge on any atom is 0.318 e. The lowest BCUT2D eigenvalue weighted by Gasteiger charge is -2.38. The van der Waals surface area contributed by atoms with Gasteiger partial charge in [-0.1, -0.05) is 6.07 Å². The summed E-state index contributed by atoms with van der Waals surface area (Å²) in [5.41, 5.74) is 0.985. The lowest BCUT2D eigenvalue weighted by atomic mass is 9.99. The minimum absolute atomic E-state index is 0.0500. The van der Waals surface area contributed by atoms with Crippen LogP contribution < -0.4 is 5.32 Å². The molecule has 0 bridgehead atoms. The van der Waals surface area contributed by atoms with Gasteiger partial charge in [0.2, 0.25) is 5.91 Å². The molecule has 0 radical (unpaired) electrons. The third kappa shape index (κ3) is 4.41. The van der Waals surface area contributed by atoms with E-state index in [0.29, 0.717) is 19.6 Å². The molecule has 3 amide bonds. The second kappa shape index (κ2) is 8.63. The van der Waals surface area contributed by atoms with Gasteiger partial charge in [0.1, 0.15) is 24.2 Å². The van der Waals surface area contributed by atoms with E-state index >= 15 is 0 Å². The average molecular weight is 404 g/mol. The highest BCUT2D eigenvalue weighted by atomic mass is 19.1. The molecule has 1 N–H and O–H groups in total. The third-order valence-corrected chi connectivity index (χ3v) is 5.02. The first-order valence-corrected chi connectivity index (χ1v) is 9.76. The third-order valence-electron chi connectivity index (χ3n) is 5.02. The molecule has 0 fully saturated rings. The number of rotatable bonds is 5. The van der Waals surface area contributed by atoms with E-state index in [0.717, 1.165) is 11.8 Å². The smallest absolute Gasteiger partial charge is 0.318 e. The van der Waals surface area contributed by atoms with Gasteiger partial charge >= 0.3 is 6.03 Å². The van der Waals surface area contributed by atoms with E-state index < -0.39 is 17.7 Å². The topological polar surface area (TPSA) is 57.6 Å².